The summed E-state index contributed by atoms with van der Waals surface area (Å²) in [5, 5.41) is 13.4. The van der Waals surface area contributed by atoms with Crippen LogP contribution in [0.2, 0.25) is 0 Å². The first kappa shape index (κ1) is 29.3. The number of aromatic nitrogens is 3. The molecule has 1 N–H and O–H groups in total. The number of hydrogen-bond acceptors (Lipinski definition) is 9. The van der Waals surface area contributed by atoms with Crippen LogP contribution >= 0.6 is 27.3 Å². The standard InChI is InChI=1S/C22H26N2O4S.C6H6BrNO/c1-4-27-18-11-8-15(13-20(18)28-5-2)22-24-16(14-29-22)9-10-17(25)21-19(26-3)7-6-12-23-21;1-9-5-3-2-4-8-6(5)7/h6-8,11-14,17,25H,4-5,9-10H2,1-3H3;2-4H,1H3. The van der Waals surface area contributed by atoms with Crippen molar-refractivity contribution >= 4 is 27.3 Å². The number of thiazole rings is 1. The van der Waals surface area contributed by atoms with E-state index in [0.717, 1.165) is 38.1 Å². The molecule has 4 rings (SSSR count). The minimum atomic E-state index is -0.702. The molecular formula is C28H32BrN3O5S. The fourth-order valence-electron chi connectivity index (χ4n) is 3.51. The zero-order valence-electron chi connectivity index (χ0n) is 21.9. The molecule has 202 valence electrons. The molecule has 0 fully saturated rings. The lowest BCUT2D eigenvalue weighted by Gasteiger charge is -2.12. The minimum absolute atomic E-state index is 0.518. The van der Waals surface area contributed by atoms with Gasteiger partial charge in [-0.3, -0.25) is 4.98 Å². The second-order valence-corrected chi connectivity index (χ2v) is 9.42. The van der Waals surface area contributed by atoms with Crippen LogP contribution in [-0.4, -0.2) is 47.5 Å². The van der Waals surface area contributed by atoms with Crippen molar-refractivity contribution in [1.29, 1.82) is 0 Å². The maximum absolute atomic E-state index is 10.5. The third-order valence-electron chi connectivity index (χ3n) is 5.30. The van der Waals surface area contributed by atoms with Gasteiger partial charge in [0.25, 0.3) is 0 Å². The third-order valence-corrected chi connectivity index (χ3v) is 6.83. The molecule has 0 aliphatic carbocycles. The molecule has 3 heterocycles. The lowest BCUT2D eigenvalue weighted by molar-refractivity contribution is 0.158. The number of ether oxygens (including phenoxy) is 4. The molecule has 0 radical (unpaired) electrons. The number of halogens is 1. The lowest BCUT2D eigenvalue weighted by Crippen LogP contribution is -2.04. The number of hydrogen-bond donors (Lipinski definition) is 1. The van der Waals surface area contributed by atoms with E-state index in [1.807, 2.05) is 49.6 Å². The van der Waals surface area contributed by atoms with Gasteiger partial charge in [0.2, 0.25) is 0 Å². The number of aryl methyl sites for hydroxylation is 1. The molecule has 0 aliphatic heterocycles. The predicted octanol–water partition coefficient (Wildman–Crippen LogP) is 6.53. The van der Waals surface area contributed by atoms with E-state index in [9.17, 15) is 5.11 Å². The fourth-order valence-corrected chi connectivity index (χ4v) is 4.77. The molecule has 0 spiro atoms. The number of nitrogens with zero attached hydrogens (tertiary/aromatic N) is 3. The SMILES string of the molecule is CCOc1ccc(-c2nc(CCC(O)c3ncccc3OC)cs2)cc1OCC.COc1cccnc1Br. The highest BCUT2D eigenvalue weighted by Crippen LogP contribution is 2.34. The number of rotatable bonds is 11. The Balaban J connectivity index is 0.000000375. The molecular weight excluding hydrogens is 570 g/mol. The Labute approximate surface area is 235 Å². The highest BCUT2D eigenvalue weighted by atomic mass is 79.9. The van der Waals surface area contributed by atoms with E-state index in [2.05, 4.69) is 25.9 Å². The van der Waals surface area contributed by atoms with Crippen molar-refractivity contribution in [2.45, 2.75) is 32.8 Å². The average Bonchev–Trinajstić information content (AvgIpc) is 3.42. The predicted molar refractivity (Wildman–Crippen MR) is 152 cm³/mol. The second kappa shape index (κ2) is 15.3. The molecule has 0 aliphatic rings. The Kier molecular flexibility index (Phi) is 11.8. The van der Waals surface area contributed by atoms with Crippen molar-refractivity contribution in [3.63, 3.8) is 0 Å². The normalized spacial score (nSPS) is 11.2. The van der Waals surface area contributed by atoms with Crippen LogP contribution in [0.5, 0.6) is 23.0 Å². The van der Waals surface area contributed by atoms with Crippen molar-refractivity contribution in [2.24, 2.45) is 0 Å². The molecule has 1 atom stereocenters. The van der Waals surface area contributed by atoms with Crippen molar-refractivity contribution in [3.8, 4) is 33.6 Å². The summed E-state index contributed by atoms with van der Waals surface area (Å²) < 4.78 is 22.3. The summed E-state index contributed by atoms with van der Waals surface area (Å²) in [5.41, 5.74) is 2.48. The smallest absolute Gasteiger partial charge is 0.161 e. The Morgan fingerprint density at radius 1 is 0.895 bits per heavy atom. The van der Waals surface area contributed by atoms with Crippen molar-refractivity contribution in [2.75, 3.05) is 27.4 Å². The maximum atomic E-state index is 10.5. The molecule has 8 nitrogen and oxygen atoms in total. The summed E-state index contributed by atoms with van der Waals surface area (Å²) in [6.45, 7) is 5.06. The molecule has 4 aromatic rings. The molecule has 0 amide bonds. The lowest BCUT2D eigenvalue weighted by atomic mass is 10.1. The van der Waals surface area contributed by atoms with Crippen LogP contribution in [-0.2, 0) is 6.42 Å². The first-order valence-corrected chi connectivity index (χ1v) is 13.8. The Morgan fingerprint density at radius 3 is 2.24 bits per heavy atom. The Bertz CT molecular complexity index is 1290. The van der Waals surface area contributed by atoms with Crippen LogP contribution in [0.25, 0.3) is 10.6 Å². The summed E-state index contributed by atoms with van der Waals surface area (Å²) in [7, 11) is 3.19. The van der Waals surface area contributed by atoms with E-state index >= 15 is 0 Å². The molecule has 0 saturated heterocycles. The first-order chi connectivity index (χ1) is 18.5. The van der Waals surface area contributed by atoms with Crippen LogP contribution in [0.3, 0.4) is 0 Å². The summed E-state index contributed by atoms with van der Waals surface area (Å²) in [6, 6.07) is 13.1. The van der Waals surface area contributed by atoms with Crippen molar-refractivity contribution < 1.29 is 24.1 Å². The second-order valence-electron chi connectivity index (χ2n) is 7.81. The third kappa shape index (κ3) is 8.14. The van der Waals surface area contributed by atoms with Gasteiger partial charge in [-0.2, -0.15) is 0 Å². The van der Waals surface area contributed by atoms with E-state index in [1.165, 1.54) is 0 Å². The average molecular weight is 603 g/mol. The number of aliphatic hydroxyl groups is 1. The van der Waals surface area contributed by atoms with Gasteiger partial charge in [0.1, 0.15) is 27.2 Å². The van der Waals surface area contributed by atoms with Crippen LogP contribution in [0.4, 0.5) is 0 Å². The number of benzene rings is 1. The summed E-state index contributed by atoms with van der Waals surface area (Å²) in [6.07, 6.45) is 3.82. The fraction of sp³-hybridized carbons (Fsp3) is 0.321. The van der Waals surface area contributed by atoms with Gasteiger partial charge in [0, 0.05) is 23.3 Å². The largest absolute Gasteiger partial charge is 0.495 e. The van der Waals surface area contributed by atoms with Crippen molar-refractivity contribution in [1.82, 2.24) is 15.0 Å². The van der Waals surface area contributed by atoms with Gasteiger partial charge >= 0.3 is 0 Å². The zero-order chi connectivity index (χ0) is 27.3. The zero-order valence-corrected chi connectivity index (χ0v) is 24.3. The van der Waals surface area contributed by atoms with E-state index < -0.39 is 6.10 Å². The minimum Gasteiger partial charge on any atom is -0.495 e. The van der Waals surface area contributed by atoms with Gasteiger partial charge < -0.3 is 24.1 Å². The Morgan fingerprint density at radius 2 is 1.58 bits per heavy atom. The molecule has 38 heavy (non-hydrogen) atoms. The summed E-state index contributed by atoms with van der Waals surface area (Å²) in [5.74, 6) is 2.82. The summed E-state index contributed by atoms with van der Waals surface area (Å²) >= 11 is 4.79. The van der Waals surface area contributed by atoms with Gasteiger partial charge in [-0.05, 0) is 85.1 Å². The van der Waals surface area contributed by atoms with Gasteiger partial charge in [-0.25, -0.2) is 9.97 Å². The van der Waals surface area contributed by atoms with E-state index in [1.54, 1.807) is 50.1 Å². The topological polar surface area (TPSA) is 95.8 Å². The maximum Gasteiger partial charge on any atom is 0.161 e. The van der Waals surface area contributed by atoms with Crippen LogP contribution in [0.1, 0.15) is 37.8 Å². The first-order valence-electron chi connectivity index (χ1n) is 12.2. The number of methoxy groups -OCH3 is 2. The highest BCUT2D eigenvalue weighted by Gasteiger charge is 2.16. The van der Waals surface area contributed by atoms with E-state index in [4.69, 9.17) is 23.9 Å². The molecule has 0 bridgehead atoms. The summed E-state index contributed by atoms with van der Waals surface area (Å²) in [4.78, 5) is 12.9. The van der Waals surface area contributed by atoms with Crippen LogP contribution < -0.4 is 18.9 Å². The number of pyridine rings is 2. The monoisotopic (exact) mass is 601 g/mol. The molecule has 3 aromatic heterocycles. The van der Waals surface area contributed by atoms with Gasteiger partial charge in [0.05, 0.1) is 33.1 Å². The van der Waals surface area contributed by atoms with Crippen molar-refractivity contribution in [3.05, 3.63) is 76.2 Å². The Hall–Kier alpha value is -3.21. The van der Waals surface area contributed by atoms with Gasteiger partial charge in [-0.15, -0.1) is 11.3 Å². The highest BCUT2D eigenvalue weighted by molar-refractivity contribution is 9.10. The quantitative estimate of drug-likeness (QED) is 0.194. The van der Waals surface area contributed by atoms with E-state index in [0.29, 0.717) is 37.5 Å². The molecule has 0 saturated carbocycles. The number of aliphatic hydroxyl groups excluding tert-OH is 1. The van der Waals surface area contributed by atoms with Crippen LogP contribution in [0, 0.1) is 0 Å². The van der Waals surface area contributed by atoms with Gasteiger partial charge in [-0.1, -0.05) is 0 Å². The van der Waals surface area contributed by atoms with Crippen LogP contribution in [0.15, 0.2) is 64.8 Å². The van der Waals surface area contributed by atoms with E-state index in [-0.39, 0.29) is 0 Å². The molecule has 1 unspecified atom stereocenters. The molecule has 1 aromatic carbocycles. The molecule has 10 heteroatoms. The van der Waals surface area contributed by atoms with Gasteiger partial charge in [0.15, 0.2) is 17.2 Å².